The second-order valence-corrected chi connectivity index (χ2v) is 5.27. The van der Waals surface area contributed by atoms with Crippen LogP contribution in [0.4, 0.5) is 5.69 Å². The fourth-order valence-corrected chi connectivity index (χ4v) is 2.47. The van der Waals surface area contributed by atoms with Gasteiger partial charge in [-0.3, -0.25) is 4.79 Å². The predicted molar refractivity (Wildman–Crippen MR) is 85.5 cm³/mol. The predicted octanol–water partition coefficient (Wildman–Crippen LogP) is 4.60. The number of anilines is 1. The standard InChI is InChI=1S/C18H25NO/c1-5-9-14-18(7-3,8-4)17(20)19-16-12-10-15(6-2)11-13-16/h2,10-13H,5,7-9,14H2,1,3-4H3,(H,19,20). The van der Waals surface area contributed by atoms with E-state index in [0.29, 0.717) is 0 Å². The van der Waals surface area contributed by atoms with Crippen LogP contribution < -0.4 is 5.32 Å². The number of hydrogen-bond acceptors (Lipinski definition) is 1. The number of unbranched alkanes of at least 4 members (excludes halogenated alkanes) is 1. The zero-order valence-electron chi connectivity index (χ0n) is 12.8. The van der Waals surface area contributed by atoms with Crippen LogP contribution in [0.5, 0.6) is 0 Å². The Kier molecular flexibility index (Phi) is 6.31. The lowest BCUT2D eigenvalue weighted by Crippen LogP contribution is -2.35. The van der Waals surface area contributed by atoms with Gasteiger partial charge < -0.3 is 5.32 Å². The van der Waals surface area contributed by atoms with Crippen molar-refractivity contribution in [2.45, 2.75) is 52.9 Å². The quantitative estimate of drug-likeness (QED) is 0.721. The number of terminal acetylenes is 1. The van der Waals surface area contributed by atoms with E-state index >= 15 is 0 Å². The average Bonchev–Trinajstić information content (AvgIpc) is 2.49. The number of carbonyl (C=O) groups is 1. The zero-order chi connectivity index (χ0) is 15.0. The summed E-state index contributed by atoms with van der Waals surface area (Å²) in [7, 11) is 0. The molecule has 0 aromatic heterocycles. The Morgan fingerprint density at radius 3 is 2.25 bits per heavy atom. The average molecular weight is 271 g/mol. The van der Waals surface area contributed by atoms with Gasteiger partial charge >= 0.3 is 0 Å². The summed E-state index contributed by atoms with van der Waals surface area (Å²) in [6, 6.07) is 7.43. The molecule has 0 saturated heterocycles. The van der Waals surface area contributed by atoms with E-state index in [-0.39, 0.29) is 11.3 Å². The summed E-state index contributed by atoms with van der Waals surface area (Å²) in [5, 5.41) is 3.04. The Labute approximate surface area is 123 Å². The molecule has 2 heteroatoms. The molecular weight excluding hydrogens is 246 g/mol. The fourth-order valence-electron chi connectivity index (χ4n) is 2.47. The summed E-state index contributed by atoms with van der Waals surface area (Å²) in [5.41, 5.74) is 1.39. The highest BCUT2D eigenvalue weighted by atomic mass is 16.2. The van der Waals surface area contributed by atoms with Gasteiger partial charge in [-0.2, -0.15) is 0 Å². The van der Waals surface area contributed by atoms with Gasteiger partial charge in [0.1, 0.15) is 0 Å². The van der Waals surface area contributed by atoms with E-state index in [0.717, 1.165) is 43.4 Å². The van der Waals surface area contributed by atoms with Crippen molar-refractivity contribution < 1.29 is 4.79 Å². The number of nitrogens with one attached hydrogen (secondary N) is 1. The van der Waals surface area contributed by atoms with Crippen LogP contribution in [-0.2, 0) is 4.79 Å². The first-order valence-corrected chi connectivity index (χ1v) is 7.50. The van der Waals surface area contributed by atoms with Crippen LogP contribution in [-0.4, -0.2) is 5.91 Å². The van der Waals surface area contributed by atoms with Crippen molar-refractivity contribution in [2.24, 2.45) is 5.41 Å². The molecule has 0 radical (unpaired) electrons. The molecule has 1 rings (SSSR count). The Morgan fingerprint density at radius 2 is 1.80 bits per heavy atom. The summed E-state index contributed by atoms with van der Waals surface area (Å²) in [5.74, 6) is 2.70. The van der Waals surface area contributed by atoms with Crippen LogP contribution in [0.1, 0.15) is 58.4 Å². The van der Waals surface area contributed by atoms with Crippen molar-refractivity contribution in [1.29, 1.82) is 0 Å². The van der Waals surface area contributed by atoms with Crippen molar-refractivity contribution in [2.75, 3.05) is 5.32 Å². The lowest BCUT2D eigenvalue weighted by atomic mass is 9.77. The van der Waals surface area contributed by atoms with Crippen LogP contribution in [0, 0.1) is 17.8 Å². The number of rotatable bonds is 7. The largest absolute Gasteiger partial charge is 0.326 e. The molecule has 1 aromatic carbocycles. The molecule has 1 N–H and O–H groups in total. The maximum Gasteiger partial charge on any atom is 0.230 e. The third-order valence-electron chi connectivity index (χ3n) is 4.15. The first-order chi connectivity index (χ1) is 9.61. The molecule has 0 bridgehead atoms. The Morgan fingerprint density at radius 1 is 1.20 bits per heavy atom. The fraction of sp³-hybridized carbons (Fsp3) is 0.500. The molecule has 0 saturated carbocycles. The number of carbonyl (C=O) groups excluding carboxylic acids is 1. The van der Waals surface area contributed by atoms with Crippen molar-refractivity contribution in [3.8, 4) is 12.3 Å². The van der Waals surface area contributed by atoms with E-state index in [9.17, 15) is 4.79 Å². The molecule has 0 fully saturated rings. The van der Waals surface area contributed by atoms with E-state index < -0.39 is 0 Å². The monoisotopic (exact) mass is 271 g/mol. The highest BCUT2D eigenvalue weighted by Crippen LogP contribution is 2.34. The van der Waals surface area contributed by atoms with Gasteiger partial charge in [-0.15, -0.1) is 6.42 Å². The molecule has 1 amide bonds. The summed E-state index contributed by atoms with van der Waals surface area (Å²) < 4.78 is 0. The molecule has 0 atom stereocenters. The van der Waals surface area contributed by atoms with Crippen LogP contribution in [0.2, 0.25) is 0 Å². The maximum absolute atomic E-state index is 12.6. The van der Waals surface area contributed by atoms with Gasteiger partial charge in [0, 0.05) is 16.7 Å². The van der Waals surface area contributed by atoms with Crippen molar-refractivity contribution in [3.05, 3.63) is 29.8 Å². The van der Waals surface area contributed by atoms with Gasteiger partial charge in [0.2, 0.25) is 5.91 Å². The van der Waals surface area contributed by atoms with E-state index in [4.69, 9.17) is 6.42 Å². The maximum atomic E-state index is 12.6. The third-order valence-corrected chi connectivity index (χ3v) is 4.15. The topological polar surface area (TPSA) is 29.1 Å². The Bertz CT molecular complexity index is 463. The highest BCUT2D eigenvalue weighted by Gasteiger charge is 2.33. The first-order valence-electron chi connectivity index (χ1n) is 7.50. The first kappa shape index (κ1) is 16.3. The Balaban J connectivity index is 2.82. The van der Waals surface area contributed by atoms with Crippen molar-refractivity contribution in [3.63, 3.8) is 0 Å². The minimum atomic E-state index is -0.249. The second kappa shape index (κ2) is 7.75. The second-order valence-electron chi connectivity index (χ2n) is 5.27. The number of hydrogen-bond donors (Lipinski definition) is 1. The molecule has 0 spiro atoms. The van der Waals surface area contributed by atoms with E-state index in [1.807, 2.05) is 24.3 Å². The smallest absolute Gasteiger partial charge is 0.230 e. The lowest BCUT2D eigenvalue weighted by molar-refractivity contribution is -0.126. The van der Waals surface area contributed by atoms with Crippen LogP contribution in [0.25, 0.3) is 0 Å². The molecule has 1 aromatic rings. The Hall–Kier alpha value is -1.75. The van der Waals surface area contributed by atoms with E-state index in [1.54, 1.807) is 0 Å². The number of benzene rings is 1. The highest BCUT2D eigenvalue weighted by molar-refractivity contribution is 5.95. The molecule has 108 valence electrons. The lowest BCUT2D eigenvalue weighted by Gasteiger charge is -2.30. The molecule has 0 unspecified atom stereocenters. The normalized spacial score (nSPS) is 10.9. The van der Waals surface area contributed by atoms with Crippen LogP contribution in [0.15, 0.2) is 24.3 Å². The van der Waals surface area contributed by atoms with Crippen LogP contribution in [0.3, 0.4) is 0 Å². The van der Waals surface area contributed by atoms with Crippen molar-refractivity contribution >= 4 is 11.6 Å². The van der Waals surface area contributed by atoms with Crippen molar-refractivity contribution in [1.82, 2.24) is 0 Å². The van der Waals surface area contributed by atoms with Gasteiger partial charge in [-0.1, -0.05) is 39.5 Å². The third kappa shape index (κ3) is 3.87. The number of amides is 1. The molecule has 0 aliphatic rings. The molecule has 0 aliphatic carbocycles. The summed E-state index contributed by atoms with van der Waals surface area (Å²) in [4.78, 5) is 12.6. The van der Waals surface area contributed by atoms with Gasteiger partial charge in [-0.05, 0) is 43.5 Å². The van der Waals surface area contributed by atoms with Gasteiger partial charge in [-0.25, -0.2) is 0 Å². The summed E-state index contributed by atoms with van der Waals surface area (Å²) in [6.07, 6.45) is 10.2. The molecule has 0 heterocycles. The SMILES string of the molecule is C#Cc1ccc(NC(=O)C(CC)(CC)CCCC)cc1. The summed E-state index contributed by atoms with van der Waals surface area (Å²) in [6.45, 7) is 6.35. The van der Waals surface area contributed by atoms with Gasteiger partial charge in [0.25, 0.3) is 0 Å². The minimum Gasteiger partial charge on any atom is -0.326 e. The summed E-state index contributed by atoms with van der Waals surface area (Å²) >= 11 is 0. The van der Waals surface area contributed by atoms with Gasteiger partial charge in [0.05, 0.1) is 0 Å². The minimum absolute atomic E-state index is 0.129. The molecular formula is C18H25NO. The van der Waals surface area contributed by atoms with Gasteiger partial charge in [0.15, 0.2) is 0 Å². The molecule has 0 aliphatic heterocycles. The molecule has 20 heavy (non-hydrogen) atoms. The molecule has 2 nitrogen and oxygen atoms in total. The van der Waals surface area contributed by atoms with E-state index in [1.165, 1.54) is 0 Å². The van der Waals surface area contributed by atoms with Crippen LogP contribution >= 0.6 is 0 Å². The zero-order valence-corrected chi connectivity index (χ0v) is 12.8. The van der Waals surface area contributed by atoms with E-state index in [2.05, 4.69) is 32.0 Å².